The fourth-order valence-corrected chi connectivity index (χ4v) is 2.98. The maximum Gasteiger partial charge on any atom is 0.123 e. The van der Waals surface area contributed by atoms with Crippen LogP contribution in [0.3, 0.4) is 0 Å². The van der Waals surface area contributed by atoms with Gasteiger partial charge in [-0.2, -0.15) is 0 Å². The van der Waals surface area contributed by atoms with Crippen molar-refractivity contribution in [3.8, 4) is 5.75 Å². The smallest absolute Gasteiger partial charge is 0.123 e. The third kappa shape index (κ3) is 1.92. The van der Waals surface area contributed by atoms with Crippen molar-refractivity contribution < 1.29 is 4.74 Å². The van der Waals surface area contributed by atoms with E-state index in [9.17, 15) is 0 Å². The van der Waals surface area contributed by atoms with Gasteiger partial charge in [-0.15, -0.1) is 0 Å². The molecule has 1 aliphatic rings. The first-order valence-electron chi connectivity index (χ1n) is 7.24. The van der Waals surface area contributed by atoms with Gasteiger partial charge in [0.2, 0.25) is 0 Å². The maximum atomic E-state index is 6.08. The molecule has 22 heavy (non-hydrogen) atoms. The Bertz CT molecular complexity index is 831. The Labute approximate surface area is 128 Å². The van der Waals surface area contributed by atoms with Crippen molar-refractivity contribution in [1.82, 2.24) is 0 Å². The molecule has 1 unspecified atom stereocenters. The number of anilines is 3. The van der Waals surface area contributed by atoms with E-state index >= 15 is 0 Å². The average molecular weight is 291 g/mol. The second-order valence-electron chi connectivity index (χ2n) is 5.43. The minimum atomic E-state index is 0.0210. The lowest BCUT2D eigenvalue weighted by Gasteiger charge is -2.30. The number of nitrogen functional groups attached to an aromatic ring is 1. The topological polar surface area (TPSA) is 59.3 Å². The summed E-state index contributed by atoms with van der Waals surface area (Å²) in [5, 5.41) is 9.29. The zero-order valence-corrected chi connectivity index (χ0v) is 12.3. The van der Waals surface area contributed by atoms with Crippen molar-refractivity contribution in [2.24, 2.45) is 0 Å². The van der Waals surface area contributed by atoms with E-state index < -0.39 is 0 Å². The maximum absolute atomic E-state index is 6.08. The van der Waals surface area contributed by atoms with Gasteiger partial charge in [-0.25, -0.2) is 0 Å². The number of benzene rings is 3. The molecule has 110 valence electrons. The minimum Gasteiger partial charge on any atom is -0.497 e. The second kappa shape index (κ2) is 4.84. The van der Waals surface area contributed by atoms with Crippen molar-refractivity contribution in [1.29, 1.82) is 0 Å². The molecule has 4 N–H and O–H groups in total. The fraction of sp³-hybridized carbons (Fsp3) is 0.111. The van der Waals surface area contributed by atoms with Crippen molar-refractivity contribution in [3.05, 3.63) is 60.2 Å². The highest BCUT2D eigenvalue weighted by molar-refractivity contribution is 6.09. The van der Waals surface area contributed by atoms with Crippen LogP contribution in [0.2, 0.25) is 0 Å². The summed E-state index contributed by atoms with van der Waals surface area (Å²) in [6.45, 7) is 0. The van der Waals surface area contributed by atoms with Crippen LogP contribution in [0.1, 0.15) is 11.7 Å². The highest BCUT2D eigenvalue weighted by atomic mass is 16.5. The van der Waals surface area contributed by atoms with Crippen LogP contribution in [-0.4, -0.2) is 7.11 Å². The van der Waals surface area contributed by atoms with Crippen molar-refractivity contribution >= 4 is 27.8 Å². The molecule has 1 heterocycles. The number of hydrogen-bond acceptors (Lipinski definition) is 4. The Morgan fingerprint density at radius 3 is 2.36 bits per heavy atom. The van der Waals surface area contributed by atoms with E-state index in [0.717, 1.165) is 39.1 Å². The Morgan fingerprint density at radius 2 is 1.64 bits per heavy atom. The van der Waals surface area contributed by atoms with Gasteiger partial charge in [-0.1, -0.05) is 24.3 Å². The summed E-state index contributed by atoms with van der Waals surface area (Å²) in [4.78, 5) is 0. The lowest BCUT2D eigenvalue weighted by Crippen LogP contribution is -2.23. The van der Waals surface area contributed by atoms with Crippen LogP contribution < -0.4 is 21.1 Å². The molecule has 4 nitrogen and oxygen atoms in total. The largest absolute Gasteiger partial charge is 0.497 e. The van der Waals surface area contributed by atoms with Gasteiger partial charge < -0.3 is 21.1 Å². The summed E-state index contributed by atoms with van der Waals surface area (Å²) in [6, 6.07) is 18.2. The first-order valence-corrected chi connectivity index (χ1v) is 7.24. The standard InChI is InChI=1S/C18H17N3O/c1-22-12-7-5-11(6-8-12)18-20-15-4-2-3-13-14(19)9-10-16(21-18)17(13)15/h2-10,18,20-21H,19H2,1H3. The van der Waals surface area contributed by atoms with Crippen LogP contribution in [0.4, 0.5) is 17.1 Å². The quantitative estimate of drug-likeness (QED) is 0.625. The van der Waals surface area contributed by atoms with Crippen LogP contribution in [0.5, 0.6) is 5.75 Å². The molecule has 0 spiro atoms. The van der Waals surface area contributed by atoms with Gasteiger partial charge in [-0.05, 0) is 35.9 Å². The van der Waals surface area contributed by atoms with Crippen LogP contribution in [0.25, 0.3) is 10.8 Å². The van der Waals surface area contributed by atoms with Gasteiger partial charge in [0.05, 0.1) is 7.11 Å². The SMILES string of the molecule is COc1ccc(C2Nc3cccc4c(N)ccc(c34)N2)cc1. The Morgan fingerprint density at radius 1 is 0.909 bits per heavy atom. The number of ether oxygens (including phenoxy) is 1. The van der Waals surface area contributed by atoms with Gasteiger partial charge in [0.1, 0.15) is 11.9 Å². The van der Waals surface area contributed by atoms with E-state index in [1.165, 1.54) is 0 Å². The molecule has 0 amide bonds. The first-order chi connectivity index (χ1) is 10.8. The molecule has 1 atom stereocenters. The third-order valence-electron chi connectivity index (χ3n) is 4.12. The monoisotopic (exact) mass is 291 g/mol. The van der Waals surface area contributed by atoms with Gasteiger partial charge in [0, 0.05) is 27.8 Å². The normalized spacial score (nSPS) is 16.0. The molecule has 3 aromatic carbocycles. The van der Waals surface area contributed by atoms with Crippen molar-refractivity contribution in [2.75, 3.05) is 23.5 Å². The predicted molar refractivity (Wildman–Crippen MR) is 91.3 cm³/mol. The first kappa shape index (κ1) is 12.8. The lowest BCUT2D eigenvalue weighted by atomic mass is 10.0. The predicted octanol–water partition coefficient (Wildman–Crippen LogP) is 3.97. The Hall–Kier alpha value is -2.88. The molecular weight excluding hydrogens is 274 g/mol. The molecular formula is C18H17N3O. The zero-order valence-electron chi connectivity index (χ0n) is 12.3. The summed E-state index contributed by atoms with van der Waals surface area (Å²) in [7, 11) is 1.67. The second-order valence-corrected chi connectivity index (χ2v) is 5.43. The van der Waals surface area contributed by atoms with Crippen LogP contribution >= 0.6 is 0 Å². The number of rotatable bonds is 2. The average Bonchev–Trinajstić information content (AvgIpc) is 2.58. The molecule has 3 aromatic rings. The molecule has 0 aliphatic carbocycles. The molecule has 0 saturated carbocycles. The molecule has 0 radical (unpaired) electrons. The minimum absolute atomic E-state index is 0.0210. The summed E-state index contributed by atoms with van der Waals surface area (Å²) in [5.74, 6) is 0.856. The molecule has 0 aromatic heterocycles. The number of nitrogens with one attached hydrogen (secondary N) is 2. The zero-order chi connectivity index (χ0) is 15.1. The van der Waals surface area contributed by atoms with Gasteiger partial charge in [0.25, 0.3) is 0 Å². The Kier molecular flexibility index (Phi) is 2.82. The summed E-state index contributed by atoms with van der Waals surface area (Å²) in [6.07, 6.45) is 0.0210. The molecule has 0 fully saturated rings. The van der Waals surface area contributed by atoms with E-state index in [2.05, 4.69) is 34.9 Å². The summed E-state index contributed by atoms with van der Waals surface area (Å²) >= 11 is 0. The van der Waals surface area contributed by atoms with Crippen LogP contribution in [0.15, 0.2) is 54.6 Å². The molecule has 1 aliphatic heterocycles. The van der Waals surface area contributed by atoms with Gasteiger partial charge in [-0.3, -0.25) is 0 Å². The van der Waals surface area contributed by atoms with E-state index in [1.54, 1.807) is 7.11 Å². The van der Waals surface area contributed by atoms with Crippen LogP contribution in [-0.2, 0) is 0 Å². The summed E-state index contributed by atoms with van der Waals surface area (Å²) in [5.41, 5.74) is 10.2. The van der Waals surface area contributed by atoms with Gasteiger partial charge >= 0.3 is 0 Å². The van der Waals surface area contributed by atoms with Crippen molar-refractivity contribution in [3.63, 3.8) is 0 Å². The number of nitrogens with two attached hydrogens (primary N) is 1. The highest BCUT2D eigenvalue weighted by Crippen LogP contribution is 2.40. The highest BCUT2D eigenvalue weighted by Gasteiger charge is 2.20. The van der Waals surface area contributed by atoms with E-state index in [-0.39, 0.29) is 6.17 Å². The third-order valence-corrected chi connectivity index (χ3v) is 4.12. The molecule has 0 bridgehead atoms. The molecule has 4 rings (SSSR count). The summed E-state index contributed by atoms with van der Waals surface area (Å²) < 4.78 is 5.22. The van der Waals surface area contributed by atoms with E-state index in [0.29, 0.717) is 0 Å². The van der Waals surface area contributed by atoms with Crippen molar-refractivity contribution in [2.45, 2.75) is 6.17 Å². The number of methoxy groups -OCH3 is 1. The molecule has 4 heteroatoms. The van der Waals surface area contributed by atoms with Gasteiger partial charge in [0.15, 0.2) is 0 Å². The Balaban J connectivity index is 1.77. The number of hydrogen-bond donors (Lipinski definition) is 3. The van der Waals surface area contributed by atoms with E-state index in [4.69, 9.17) is 10.5 Å². The fourth-order valence-electron chi connectivity index (χ4n) is 2.98. The molecule has 0 saturated heterocycles. The van der Waals surface area contributed by atoms with E-state index in [1.807, 2.05) is 30.3 Å². The van der Waals surface area contributed by atoms with Crippen LogP contribution in [0, 0.1) is 0 Å². The lowest BCUT2D eigenvalue weighted by molar-refractivity contribution is 0.414.